The molecule has 0 amide bonds. The molecule has 0 aromatic rings. The fraction of sp³-hybridized carbons (Fsp3) is 1.00. The van der Waals surface area contributed by atoms with E-state index in [0.29, 0.717) is 0 Å². The number of hydrogen-bond acceptors (Lipinski definition) is 1. The van der Waals surface area contributed by atoms with Crippen LogP contribution in [0.25, 0.3) is 0 Å². The van der Waals surface area contributed by atoms with Crippen molar-refractivity contribution in [1.82, 2.24) is 0 Å². The highest BCUT2D eigenvalue weighted by Gasteiger charge is 1.93. The first-order valence-electron chi connectivity index (χ1n) is 4.47. The second-order valence-electron chi connectivity index (χ2n) is 3.04. The van der Waals surface area contributed by atoms with E-state index in [4.69, 9.17) is 0 Å². The first-order valence-corrected chi connectivity index (χ1v) is 5.52. The summed E-state index contributed by atoms with van der Waals surface area (Å²) in [5, 5.41) is 10.8. The second-order valence-corrected chi connectivity index (χ2v) is 4.72. The van der Waals surface area contributed by atoms with Gasteiger partial charge in [-0.15, -0.1) is 0 Å². The molecule has 1 nitrogen and oxygen atoms in total. The molecule has 67 valence electrons. The molecule has 0 aliphatic heterocycles. The molecule has 0 aliphatic rings. The SMILES string of the molecule is CC(C)SCCCCCC[O]. The summed E-state index contributed by atoms with van der Waals surface area (Å²) >= 11 is 2.01. The average molecular weight is 175 g/mol. The van der Waals surface area contributed by atoms with E-state index in [1.807, 2.05) is 11.8 Å². The average Bonchev–Trinajstić information content (AvgIpc) is 1.96. The zero-order valence-corrected chi connectivity index (χ0v) is 8.45. The van der Waals surface area contributed by atoms with Gasteiger partial charge in [0.25, 0.3) is 0 Å². The van der Waals surface area contributed by atoms with Gasteiger partial charge in [-0.2, -0.15) is 11.8 Å². The van der Waals surface area contributed by atoms with Crippen LogP contribution in [0.2, 0.25) is 0 Å². The molecular weight excluding hydrogens is 156 g/mol. The fourth-order valence-corrected chi connectivity index (χ4v) is 1.72. The van der Waals surface area contributed by atoms with E-state index in [9.17, 15) is 5.11 Å². The van der Waals surface area contributed by atoms with Crippen LogP contribution in [0.3, 0.4) is 0 Å². The van der Waals surface area contributed by atoms with Gasteiger partial charge in [0, 0.05) is 0 Å². The maximum atomic E-state index is 10.1. The van der Waals surface area contributed by atoms with Gasteiger partial charge in [-0.1, -0.05) is 26.7 Å². The van der Waals surface area contributed by atoms with Gasteiger partial charge in [-0.05, 0) is 23.8 Å². The van der Waals surface area contributed by atoms with Crippen molar-refractivity contribution >= 4 is 11.8 Å². The van der Waals surface area contributed by atoms with Crippen LogP contribution in [0.15, 0.2) is 0 Å². The lowest BCUT2D eigenvalue weighted by Gasteiger charge is -2.03. The van der Waals surface area contributed by atoms with E-state index in [1.54, 1.807) is 0 Å². The third-order valence-corrected chi connectivity index (χ3v) is 2.68. The molecule has 0 saturated heterocycles. The van der Waals surface area contributed by atoms with Crippen LogP contribution in [0.1, 0.15) is 39.5 Å². The third-order valence-electron chi connectivity index (χ3n) is 1.49. The van der Waals surface area contributed by atoms with Crippen LogP contribution in [-0.4, -0.2) is 17.6 Å². The summed E-state index contributed by atoms with van der Waals surface area (Å²) in [4.78, 5) is 0. The summed E-state index contributed by atoms with van der Waals surface area (Å²) in [6, 6.07) is 0. The predicted octanol–water partition coefficient (Wildman–Crippen LogP) is 3.12. The molecule has 0 atom stereocenters. The Bertz CT molecular complexity index is 74.0. The minimum absolute atomic E-state index is 0.108. The molecule has 0 heterocycles. The summed E-state index contributed by atoms with van der Waals surface area (Å²) in [5.74, 6) is 1.26. The van der Waals surface area contributed by atoms with E-state index in [2.05, 4.69) is 13.8 Å². The van der Waals surface area contributed by atoms with Gasteiger partial charge in [0.1, 0.15) is 0 Å². The van der Waals surface area contributed by atoms with Gasteiger partial charge in [0.15, 0.2) is 0 Å². The minimum atomic E-state index is 0.108. The van der Waals surface area contributed by atoms with Crippen molar-refractivity contribution in [2.75, 3.05) is 12.4 Å². The van der Waals surface area contributed by atoms with E-state index < -0.39 is 0 Å². The van der Waals surface area contributed by atoms with Crippen LogP contribution in [-0.2, 0) is 5.11 Å². The van der Waals surface area contributed by atoms with Crippen molar-refractivity contribution < 1.29 is 5.11 Å². The highest BCUT2D eigenvalue weighted by molar-refractivity contribution is 7.99. The highest BCUT2D eigenvalue weighted by Crippen LogP contribution is 2.12. The molecule has 0 rings (SSSR count). The monoisotopic (exact) mass is 175 g/mol. The van der Waals surface area contributed by atoms with Crippen LogP contribution in [0.4, 0.5) is 0 Å². The standard InChI is InChI=1S/C9H19OS/c1-9(2)11-8-6-4-3-5-7-10/h9H,3-8H2,1-2H3. The van der Waals surface area contributed by atoms with Crippen LogP contribution >= 0.6 is 11.8 Å². The normalized spacial score (nSPS) is 10.9. The molecule has 0 aromatic heterocycles. The molecule has 11 heavy (non-hydrogen) atoms. The summed E-state index contributed by atoms with van der Waals surface area (Å²) in [5.41, 5.74) is 0. The van der Waals surface area contributed by atoms with Gasteiger partial charge in [-0.25, -0.2) is 5.11 Å². The molecule has 0 aromatic carbocycles. The molecule has 0 fully saturated rings. The van der Waals surface area contributed by atoms with Crippen LogP contribution in [0, 0.1) is 0 Å². The Kier molecular flexibility index (Phi) is 8.64. The summed E-state index contributed by atoms with van der Waals surface area (Å²) < 4.78 is 0. The zero-order chi connectivity index (χ0) is 8.53. The first kappa shape index (κ1) is 11.3. The van der Waals surface area contributed by atoms with E-state index in [1.165, 1.54) is 18.6 Å². The molecule has 2 heteroatoms. The molecule has 0 N–H and O–H groups in total. The number of thioether (sulfide) groups is 1. The van der Waals surface area contributed by atoms with Crippen molar-refractivity contribution in [3.63, 3.8) is 0 Å². The van der Waals surface area contributed by atoms with Gasteiger partial charge >= 0.3 is 0 Å². The summed E-state index contributed by atoms with van der Waals surface area (Å²) in [6.45, 7) is 4.56. The molecule has 1 radical (unpaired) electrons. The molecule has 0 aliphatic carbocycles. The smallest absolute Gasteiger partial charge is 0.0822 e. The Labute approximate surface area is 74.6 Å². The Balaban J connectivity index is 2.80. The lowest BCUT2D eigenvalue weighted by Crippen LogP contribution is -1.90. The van der Waals surface area contributed by atoms with Crippen molar-refractivity contribution in [1.29, 1.82) is 0 Å². The molecule has 0 bridgehead atoms. The largest absolute Gasteiger partial charge is 0.237 e. The van der Waals surface area contributed by atoms with E-state index in [-0.39, 0.29) is 6.61 Å². The summed E-state index contributed by atoms with van der Waals surface area (Å²) in [7, 11) is 0. The van der Waals surface area contributed by atoms with Crippen molar-refractivity contribution in [2.24, 2.45) is 0 Å². The molecule has 0 saturated carbocycles. The molecule has 0 spiro atoms. The summed E-state index contributed by atoms with van der Waals surface area (Å²) in [6.07, 6.45) is 4.51. The Morgan fingerprint density at radius 1 is 1.09 bits per heavy atom. The Morgan fingerprint density at radius 2 is 1.73 bits per heavy atom. The van der Waals surface area contributed by atoms with Crippen molar-refractivity contribution in [3.05, 3.63) is 0 Å². The van der Waals surface area contributed by atoms with Crippen LogP contribution < -0.4 is 0 Å². The number of unbranched alkanes of at least 4 members (excludes halogenated alkanes) is 3. The number of rotatable bonds is 7. The Morgan fingerprint density at radius 3 is 2.27 bits per heavy atom. The van der Waals surface area contributed by atoms with E-state index in [0.717, 1.165) is 18.1 Å². The maximum Gasteiger partial charge on any atom is 0.0822 e. The third kappa shape index (κ3) is 10.3. The highest BCUT2D eigenvalue weighted by atomic mass is 32.2. The molecular formula is C9H19OS. The second kappa shape index (κ2) is 8.41. The van der Waals surface area contributed by atoms with Gasteiger partial charge in [0.05, 0.1) is 6.61 Å². The van der Waals surface area contributed by atoms with Gasteiger partial charge in [-0.3, -0.25) is 0 Å². The number of hydrogen-bond donors (Lipinski definition) is 0. The minimum Gasteiger partial charge on any atom is -0.237 e. The molecule has 0 unspecified atom stereocenters. The lowest BCUT2D eigenvalue weighted by molar-refractivity contribution is 0.186. The Hall–Kier alpha value is 0.310. The maximum absolute atomic E-state index is 10.1. The van der Waals surface area contributed by atoms with Crippen molar-refractivity contribution in [2.45, 2.75) is 44.8 Å². The van der Waals surface area contributed by atoms with Gasteiger partial charge < -0.3 is 0 Å². The predicted molar refractivity (Wildman–Crippen MR) is 51.6 cm³/mol. The first-order chi connectivity index (χ1) is 5.27. The fourth-order valence-electron chi connectivity index (χ4n) is 0.877. The zero-order valence-electron chi connectivity index (χ0n) is 7.64. The van der Waals surface area contributed by atoms with E-state index >= 15 is 0 Å². The van der Waals surface area contributed by atoms with Crippen LogP contribution in [0.5, 0.6) is 0 Å². The topological polar surface area (TPSA) is 19.9 Å². The quantitative estimate of drug-likeness (QED) is 0.544. The lowest BCUT2D eigenvalue weighted by atomic mass is 10.2. The van der Waals surface area contributed by atoms with Gasteiger partial charge in [0.2, 0.25) is 0 Å². The van der Waals surface area contributed by atoms with Crippen molar-refractivity contribution in [3.8, 4) is 0 Å².